The van der Waals surface area contributed by atoms with Crippen molar-refractivity contribution in [1.29, 1.82) is 0 Å². The molecule has 4 nitrogen and oxygen atoms in total. The number of likely N-dealkylation sites (N-methyl/N-ethyl adjacent to an activating group) is 2. The molecule has 1 atom stereocenters. The van der Waals surface area contributed by atoms with E-state index in [1.165, 1.54) is 18.9 Å². The lowest BCUT2D eigenvalue weighted by molar-refractivity contribution is -0.131. The molecule has 0 radical (unpaired) electrons. The Morgan fingerprint density at radius 1 is 1.36 bits per heavy atom. The van der Waals surface area contributed by atoms with Crippen molar-refractivity contribution >= 4 is 18.3 Å². The largest absolute Gasteiger partial charge is 0.340 e. The van der Waals surface area contributed by atoms with Gasteiger partial charge in [0.25, 0.3) is 0 Å². The second kappa shape index (κ2) is 8.46. The standard InChI is InChI=1S/C16H24FN3O.ClH/c1-19(15(9-18)12-7-8-12)11-16(21)20(2)10-13-5-3-4-6-14(13)17;/h3-6,12,15H,7-11,18H2,1-2H3;1H. The zero-order valence-electron chi connectivity index (χ0n) is 13.2. The molecule has 0 heterocycles. The van der Waals surface area contributed by atoms with Gasteiger partial charge in [0.1, 0.15) is 5.82 Å². The smallest absolute Gasteiger partial charge is 0.236 e. The molecule has 1 aliphatic carbocycles. The number of benzene rings is 1. The van der Waals surface area contributed by atoms with Crippen LogP contribution in [0.3, 0.4) is 0 Å². The van der Waals surface area contributed by atoms with E-state index in [1.807, 2.05) is 11.9 Å². The maximum Gasteiger partial charge on any atom is 0.236 e. The predicted octanol–water partition coefficient (Wildman–Crippen LogP) is 1.87. The first-order chi connectivity index (χ1) is 10.0. The molecule has 1 fully saturated rings. The lowest BCUT2D eigenvalue weighted by Crippen LogP contribution is -2.45. The van der Waals surface area contributed by atoms with Crippen LogP contribution in [0.2, 0.25) is 0 Å². The molecule has 1 amide bonds. The molecule has 1 aliphatic rings. The topological polar surface area (TPSA) is 49.6 Å². The van der Waals surface area contributed by atoms with E-state index in [4.69, 9.17) is 5.73 Å². The quantitative estimate of drug-likeness (QED) is 0.831. The van der Waals surface area contributed by atoms with Crippen LogP contribution in [0.25, 0.3) is 0 Å². The zero-order chi connectivity index (χ0) is 15.4. The molecule has 2 rings (SSSR count). The normalized spacial score (nSPS) is 15.3. The van der Waals surface area contributed by atoms with Crippen LogP contribution in [-0.2, 0) is 11.3 Å². The lowest BCUT2D eigenvalue weighted by Gasteiger charge is -2.28. The average Bonchev–Trinajstić information content (AvgIpc) is 3.26. The van der Waals surface area contributed by atoms with Gasteiger partial charge in [0, 0.05) is 31.7 Å². The first kappa shape index (κ1) is 18.9. The maximum absolute atomic E-state index is 13.6. The van der Waals surface area contributed by atoms with Crippen molar-refractivity contribution in [3.8, 4) is 0 Å². The Morgan fingerprint density at radius 2 is 2.00 bits per heavy atom. The summed E-state index contributed by atoms with van der Waals surface area (Å²) >= 11 is 0. The molecule has 0 saturated heterocycles. The van der Waals surface area contributed by atoms with Crippen LogP contribution in [0.1, 0.15) is 18.4 Å². The van der Waals surface area contributed by atoms with Gasteiger partial charge in [-0.05, 0) is 31.9 Å². The second-order valence-corrected chi connectivity index (χ2v) is 5.90. The monoisotopic (exact) mass is 329 g/mol. The van der Waals surface area contributed by atoms with E-state index in [2.05, 4.69) is 0 Å². The van der Waals surface area contributed by atoms with E-state index in [1.54, 1.807) is 30.1 Å². The summed E-state index contributed by atoms with van der Waals surface area (Å²) in [6.07, 6.45) is 2.40. The van der Waals surface area contributed by atoms with E-state index in [0.29, 0.717) is 24.6 Å². The molecule has 1 aromatic carbocycles. The number of hydrogen-bond acceptors (Lipinski definition) is 3. The molecule has 124 valence electrons. The summed E-state index contributed by atoms with van der Waals surface area (Å²) in [5.74, 6) is 0.341. The number of rotatable bonds is 7. The van der Waals surface area contributed by atoms with Crippen molar-refractivity contribution in [3.63, 3.8) is 0 Å². The van der Waals surface area contributed by atoms with E-state index in [0.717, 1.165) is 0 Å². The Labute approximate surface area is 137 Å². The number of carbonyl (C=O) groups is 1. The third-order valence-electron chi connectivity index (χ3n) is 4.15. The number of amides is 1. The van der Waals surface area contributed by atoms with Crippen LogP contribution in [0.5, 0.6) is 0 Å². The van der Waals surface area contributed by atoms with Crippen molar-refractivity contribution in [1.82, 2.24) is 9.80 Å². The minimum absolute atomic E-state index is 0. The highest BCUT2D eigenvalue weighted by molar-refractivity contribution is 5.85. The van der Waals surface area contributed by atoms with Gasteiger partial charge in [-0.3, -0.25) is 9.69 Å². The van der Waals surface area contributed by atoms with Gasteiger partial charge in [-0.2, -0.15) is 0 Å². The first-order valence-corrected chi connectivity index (χ1v) is 7.40. The highest BCUT2D eigenvalue weighted by atomic mass is 35.5. The molecular weight excluding hydrogens is 305 g/mol. The van der Waals surface area contributed by atoms with Gasteiger partial charge in [-0.1, -0.05) is 18.2 Å². The van der Waals surface area contributed by atoms with Crippen molar-refractivity contribution in [3.05, 3.63) is 35.6 Å². The van der Waals surface area contributed by atoms with Gasteiger partial charge < -0.3 is 10.6 Å². The van der Waals surface area contributed by atoms with Crippen LogP contribution in [-0.4, -0.2) is 48.9 Å². The first-order valence-electron chi connectivity index (χ1n) is 7.40. The minimum atomic E-state index is -0.275. The molecule has 1 aromatic rings. The average molecular weight is 330 g/mol. The molecule has 0 bridgehead atoms. The minimum Gasteiger partial charge on any atom is -0.340 e. The number of nitrogens with two attached hydrogens (primary N) is 1. The molecule has 0 aliphatic heterocycles. The van der Waals surface area contributed by atoms with E-state index in [-0.39, 0.29) is 36.7 Å². The van der Waals surface area contributed by atoms with Crippen molar-refractivity contribution in [2.75, 3.05) is 27.2 Å². The van der Waals surface area contributed by atoms with Crippen LogP contribution < -0.4 is 5.73 Å². The molecule has 1 saturated carbocycles. The fourth-order valence-electron chi connectivity index (χ4n) is 2.63. The highest BCUT2D eigenvalue weighted by Gasteiger charge is 2.33. The van der Waals surface area contributed by atoms with Crippen molar-refractivity contribution < 1.29 is 9.18 Å². The van der Waals surface area contributed by atoms with E-state index < -0.39 is 0 Å². The van der Waals surface area contributed by atoms with Gasteiger partial charge in [-0.25, -0.2) is 4.39 Å². The van der Waals surface area contributed by atoms with Gasteiger partial charge in [0.05, 0.1) is 6.54 Å². The van der Waals surface area contributed by atoms with E-state index >= 15 is 0 Å². The van der Waals surface area contributed by atoms with Gasteiger partial charge in [-0.15, -0.1) is 12.4 Å². The number of halogens is 2. The summed E-state index contributed by atoms with van der Waals surface area (Å²) in [7, 11) is 3.64. The van der Waals surface area contributed by atoms with Crippen molar-refractivity contribution in [2.45, 2.75) is 25.4 Å². The molecule has 1 unspecified atom stereocenters. The molecule has 6 heteroatoms. The van der Waals surface area contributed by atoms with Crippen molar-refractivity contribution in [2.24, 2.45) is 11.7 Å². The Morgan fingerprint density at radius 3 is 2.55 bits per heavy atom. The zero-order valence-corrected chi connectivity index (χ0v) is 14.0. The van der Waals surface area contributed by atoms with Gasteiger partial charge in [0.2, 0.25) is 5.91 Å². The van der Waals surface area contributed by atoms with Gasteiger partial charge in [0.15, 0.2) is 0 Å². The highest BCUT2D eigenvalue weighted by Crippen LogP contribution is 2.34. The molecular formula is C16H25ClFN3O. The summed E-state index contributed by atoms with van der Waals surface area (Å²) < 4.78 is 13.6. The Kier molecular flexibility index (Phi) is 7.26. The number of nitrogens with zero attached hydrogens (tertiary/aromatic N) is 2. The number of carbonyl (C=O) groups excluding carboxylic acids is 1. The predicted molar refractivity (Wildman–Crippen MR) is 88.3 cm³/mol. The fourth-order valence-corrected chi connectivity index (χ4v) is 2.63. The molecule has 0 aromatic heterocycles. The third-order valence-corrected chi connectivity index (χ3v) is 4.15. The summed E-state index contributed by atoms with van der Waals surface area (Å²) in [4.78, 5) is 15.8. The Balaban J connectivity index is 0.00000242. The number of hydrogen-bond donors (Lipinski definition) is 1. The molecule has 0 spiro atoms. The van der Waals surface area contributed by atoms with Crippen LogP contribution >= 0.6 is 12.4 Å². The van der Waals surface area contributed by atoms with Crippen LogP contribution in [0.15, 0.2) is 24.3 Å². The second-order valence-electron chi connectivity index (χ2n) is 5.90. The molecule has 2 N–H and O–H groups in total. The summed E-state index contributed by atoms with van der Waals surface area (Å²) in [6.45, 7) is 1.19. The van der Waals surface area contributed by atoms with Crippen LogP contribution in [0, 0.1) is 11.7 Å². The Bertz CT molecular complexity index is 496. The van der Waals surface area contributed by atoms with E-state index in [9.17, 15) is 9.18 Å². The van der Waals surface area contributed by atoms with Gasteiger partial charge >= 0.3 is 0 Å². The van der Waals surface area contributed by atoms with Crippen LogP contribution in [0.4, 0.5) is 4.39 Å². The summed E-state index contributed by atoms with van der Waals surface area (Å²) in [6, 6.07) is 6.82. The molecule has 22 heavy (non-hydrogen) atoms. The third kappa shape index (κ3) is 4.93. The lowest BCUT2D eigenvalue weighted by atomic mass is 10.1. The Hall–Kier alpha value is -1.17. The summed E-state index contributed by atoms with van der Waals surface area (Å²) in [5.41, 5.74) is 6.33. The maximum atomic E-state index is 13.6. The SMILES string of the molecule is CN(Cc1ccccc1F)C(=O)CN(C)C(CN)C1CC1.Cl. The fraction of sp³-hybridized carbons (Fsp3) is 0.562. The summed E-state index contributed by atoms with van der Waals surface area (Å²) in [5, 5.41) is 0.